The monoisotopic (exact) mass is 361 g/mol. The highest BCUT2D eigenvalue weighted by Gasteiger charge is 2.48. The largest absolute Gasteiger partial charge is 0.456 e. The number of carbonyl (C=O) groups is 2. The number of hydrogen-bond acceptors (Lipinski definition) is 7. The van der Waals surface area contributed by atoms with Crippen molar-refractivity contribution in [2.75, 3.05) is 6.54 Å². The number of thioether (sulfide) groups is 1. The summed E-state index contributed by atoms with van der Waals surface area (Å²) >= 11 is 1.31. The summed E-state index contributed by atoms with van der Waals surface area (Å²) in [5.41, 5.74) is 9.08. The number of benzene rings is 1. The molecule has 1 fully saturated rings. The molecule has 0 aromatic heterocycles. The number of nitro groups is 1. The predicted octanol–water partition coefficient (Wildman–Crippen LogP) is 2.47. The number of β-lactam (4-membered cyclic amide) rings is 1. The Labute approximate surface area is 145 Å². The molecular weight excluding hydrogens is 350 g/mol. The van der Waals surface area contributed by atoms with E-state index in [0.717, 1.165) is 0 Å². The molecule has 1 saturated heterocycles. The zero-order chi connectivity index (χ0) is 18.0. The van der Waals surface area contributed by atoms with E-state index in [1.54, 1.807) is 0 Å². The third-order valence-electron chi connectivity index (χ3n) is 3.68. The van der Waals surface area contributed by atoms with Gasteiger partial charge in [-0.25, -0.2) is 4.79 Å². The quantitative estimate of drug-likeness (QED) is 0.145. The van der Waals surface area contributed by atoms with E-state index in [-0.39, 0.29) is 35.8 Å². The minimum absolute atomic E-state index is 0.0244. The Bertz CT molecular complexity index is 831. The summed E-state index contributed by atoms with van der Waals surface area (Å²) in [4.78, 5) is 38.7. The van der Waals surface area contributed by atoms with Crippen LogP contribution in [0.3, 0.4) is 0 Å². The van der Waals surface area contributed by atoms with Crippen LogP contribution in [0.15, 0.2) is 40.0 Å². The van der Waals surface area contributed by atoms with Crippen molar-refractivity contribution >= 4 is 29.3 Å². The lowest BCUT2D eigenvalue weighted by Crippen LogP contribution is -2.48. The third kappa shape index (κ3) is 3.28. The number of ether oxygens (including phenoxy) is 1. The van der Waals surface area contributed by atoms with Gasteiger partial charge in [0.2, 0.25) is 5.91 Å². The van der Waals surface area contributed by atoms with Crippen LogP contribution in [0, 0.1) is 10.1 Å². The number of fused-ring (bicyclic) bond motifs is 1. The van der Waals surface area contributed by atoms with Gasteiger partial charge in [0, 0.05) is 21.9 Å². The molecule has 0 N–H and O–H groups in total. The lowest BCUT2D eigenvalue weighted by atomic mass is 10.1. The van der Waals surface area contributed by atoms with Gasteiger partial charge < -0.3 is 4.74 Å². The van der Waals surface area contributed by atoms with Gasteiger partial charge in [0.05, 0.1) is 23.3 Å². The minimum Gasteiger partial charge on any atom is -0.456 e. The summed E-state index contributed by atoms with van der Waals surface area (Å²) in [5.74, 6) is -0.875. The van der Waals surface area contributed by atoms with Gasteiger partial charge in [-0.15, -0.1) is 11.8 Å². The first-order valence-corrected chi connectivity index (χ1v) is 8.02. The molecule has 128 valence electrons. The Morgan fingerprint density at radius 2 is 2.20 bits per heavy atom. The van der Waals surface area contributed by atoms with Crippen molar-refractivity contribution in [1.82, 2.24) is 4.90 Å². The number of azide groups is 1. The molecule has 25 heavy (non-hydrogen) atoms. The summed E-state index contributed by atoms with van der Waals surface area (Å²) in [6.45, 7) is -0.115. The van der Waals surface area contributed by atoms with Crippen LogP contribution in [0.5, 0.6) is 0 Å². The van der Waals surface area contributed by atoms with Crippen molar-refractivity contribution in [2.24, 2.45) is 5.11 Å². The maximum Gasteiger partial charge on any atom is 0.356 e. The molecule has 10 nitrogen and oxygen atoms in total. The number of esters is 1. The van der Waals surface area contributed by atoms with Gasteiger partial charge in [0.15, 0.2) is 0 Å². The highest BCUT2D eigenvalue weighted by atomic mass is 32.2. The Balaban J connectivity index is 1.71. The average Bonchev–Trinajstić information content (AvgIpc) is 2.90. The lowest BCUT2D eigenvalue weighted by Gasteiger charge is -2.34. The van der Waals surface area contributed by atoms with Crippen molar-refractivity contribution < 1.29 is 19.2 Å². The first kappa shape index (κ1) is 16.8. The summed E-state index contributed by atoms with van der Waals surface area (Å²) < 4.78 is 5.21. The van der Waals surface area contributed by atoms with E-state index in [4.69, 9.17) is 10.3 Å². The van der Waals surface area contributed by atoms with Crippen LogP contribution in [-0.4, -0.2) is 33.6 Å². The first-order chi connectivity index (χ1) is 12.0. The molecule has 1 amide bonds. The summed E-state index contributed by atoms with van der Waals surface area (Å²) in [7, 11) is 0. The second-order valence-electron chi connectivity index (χ2n) is 5.20. The summed E-state index contributed by atoms with van der Waals surface area (Å²) in [5, 5.41) is 13.9. The standard InChI is InChI=1S/C14H11N5O5S/c15-17-16-6-10-13(18-11(20)5-12(18)25-10)14(21)24-7-8-1-3-9(4-2-8)19(22)23/h1-4,12H,5-7H2. The second-order valence-corrected chi connectivity index (χ2v) is 6.47. The number of amides is 1. The van der Waals surface area contributed by atoms with Crippen LogP contribution < -0.4 is 0 Å². The molecule has 2 aliphatic rings. The average molecular weight is 361 g/mol. The smallest absolute Gasteiger partial charge is 0.356 e. The molecule has 2 heterocycles. The number of nitro benzene ring substituents is 1. The zero-order valence-electron chi connectivity index (χ0n) is 12.7. The van der Waals surface area contributed by atoms with E-state index in [2.05, 4.69) is 10.0 Å². The van der Waals surface area contributed by atoms with Crippen molar-refractivity contribution in [1.29, 1.82) is 0 Å². The maximum absolute atomic E-state index is 12.4. The molecule has 2 aliphatic heterocycles. The Morgan fingerprint density at radius 1 is 1.48 bits per heavy atom. The molecule has 1 aromatic carbocycles. The highest BCUT2D eigenvalue weighted by molar-refractivity contribution is 8.04. The van der Waals surface area contributed by atoms with E-state index in [9.17, 15) is 19.7 Å². The number of nitrogens with zero attached hydrogens (tertiary/aromatic N) is 5. The van der Waals surface area contributed by atoms with E-state index >= 15 is 0 Å². The van der Waals surface area contributed by atoms with Gasteiger partial charge in [-0.2, -0.15) is 0 Å². The van der Waals surface area contributed by atoms with E-state index in [0.29, 0.717) is 16.9 Å². The molecule has 0 spiro atoms. The van der Waals surface area contributed by atoms with Crippen LogP contribution in [0.25, 0.3) is 10.4 Å². The van der Waals surface area contributed by atoms with Crippen LogP contribution in [0.4, 0.5) is 5.69 Å². The van der Waals surface area contributed by atoms with Crippen molar-refractivity contribution in [3.8, 4) is 0 Å². The van der Waals surface area contributed by atoms with Crippen LogP contribution in [-0.2, 0) is 20.9 Å². The topological polar surface area (TPSA) is 139 Å². The number of rotatable bonds is 6. The SMILES string of the molecule is [N-]=[N+]=NCC1=C(C(=O)OCc2ccc([N+](=O)[O-])cc2)N2C(=O)CC2S1. The van der Waals surface area contributed by atoms with Gasteiger partial charge in [-0.3, -0.25) is 19.8 Å². The van der Waals surface area contributed by atoms with Crippen LogP contribution in [0.2, 0.25) is 0 Å². The minimum atomic E-state index is -0.690. The van der Waals surface area contributed by atoms with E-state index in [1.807, 2.05) is 0 Å². The number of non-ortho nitro benzene ring substituents is 1. The van der Waals surface area contributed by atoms with Gasteiger partial charge in [0.1, 0.15) is 12.3 Å². The molecule has 0 bridgehead atoms. The molecule has 0 radical (unpaired) electrons. The first-order valence-electron chi connectivity index (χ1n) is 7.14. The predicted molar refractivity (Wildman–Crippen MR) is 86.8 cm³/mol. The fraction of sp³-hybridized carbons (Fsp3) is 0.286. The van der Waals surface area contributed by atoms with Gasteiger partial charge >= 0.3 is 5.97 Å². The van der Waals surface area contributed by atoms with Gasteiger partial charge in [-0.1, -0.05) is 5.11 Å². The fourth-order valence-electron chi connectivity index (χ4n) is 2.46. The lowest BCUT2D eigenvalue weighted by molar-refractivity contribution is -0.384. The number of carbonyl (C=O) groups excluding carboxylic acids is 2. The molecule has 11 heteroatoms. The molecular formula is C14H11N5O5S. The van der Waals surface area contributed by atoms with E-state index < -0.39 is 10.9 Å². The molecule has 1 unspecified atom stereocenters. The Hall–Kier alpha value is -3.04. The van der Waals surface area contributed by atoms with Crippen molar-refractivity contribution in [3.05, 3.63) is 61.0 Å². The van der Waals surface area contributed by atoms with Crippen LogP contribution in [0.1, 0.15) is 12.0 Å². The fourth-order valence-corrected chi connectivity index (χ4v) is 3.76. The van der Waals surface area contributed by atoms with E-state index in [1.165, 1.54) is 40.9 Å². The Kier molecular flexibility index (Phi) is 4.59. The molecule has 1 aromatic rings. The second kappa shape index (κ2) is 6.83. The molecule has 0 saturated carbocycles. The zero-order valence-corrected chi connectivity index (χ0v) is 13.5. The summed E-state index contributed by atoms with van der Waals surface area (Å²) in [6.07, 6.45) is 0.323. The van der Waals surface area contributed by atoms with Crippen molar-refractivity contribution in [3.63, 3.8) is 0 Å². The maximum atomic E-state index is 12.4. The van der Waals surface area contributed by atoms with Crippen LogP contribution >= 0.6 is 11.8 Å². The molecule has 3 rings (SSSR count). The molecule has 1 atom stereocenters. The van der Waals surface area contributed by atoms with Gasteiger partial charge in [-0.05, 0) is 23.2 Å². The summed E-state index contributed by atoms with van der Waals surface area (Å²) in [6, 6.07) is 5.61. The van der Waals surface area contributed by atoms with Crippen molar-refractivity contribution in [2.45, 2.75) is 18.4 Å². The van der Waals surface area contributed by atoms with Gasteiger partial charge in [0.25, 0.3) is 5.69 Å². The normalized spacial score (nSPS) is 18.3. The third-order valence-corrected chi connectivity index (χ3v) is 4.93. The number of hydrogen-bond donors (Lipinski definition) is 0. The molecule has 0 aliphatic carbocycles. The highest BCUT2D eigenvalue weighted by Crippen LogP contribution is 2.46. The Morgan fingerprint density at radius 3 is 2.80 bits per heavy atom.